The van der Waals surface area contributed by atoms with Gasteiger partial charge in [-0.3, -0.25) is 4.79 Å². The molecule has 41 heavy (non-hydrogen) atoms. The summed E-state index contributed by atoms with van der Waals surface area (Å²) in [5, 5.41) is 16.7. The van der Waals surface area contributed by atoms with Gasteiger partial charge in [-0.1, -0.05) is 78.9 Å². The van der Waals surface area contributed by atoms with Crippen LogP contribution in [0.3, 0.4) is 0 Å². The Morgan fingerprint density at radius 2 is 1.56 bits per heavy atom. The van der Waals surface area contributed by atoms with E-state index in [1.54, 1.807) is 48.5 Å². The SMILES string of the molecule is CC(Cc1ccc(OCC(F)(F)c2ccccc2)cc1)NCC(O)c1ccc(OCc2ccccc2)c(NC=O)c1. The van der Waals surface area contributed by atoms with E-state index in [0.717, 1.165) is 11.1 Å². The van der Waals surface area contributed by atoms with Crippen LogP contribution < -0.4 is 20.1 Å². The van der Waals surface area contributed by atoms with Crippen LogP contribution in [0.25, 0.3) is 0 Å². The Balaban J connectivity index is 1.26. The summed E-state index contributed by atoms with van der Waals surface area (Å²) in [7, 11) is 0. The molecule has 0 radical (unpaired) electrons. The number of rotatable bonds is 15. The predicted octanol–water partition coefficient (Wildman–Crippen LogP) is 6.26. The maximum absolute atomic E-state index is 14.4. The number of hydrogen-bond acceptors (Lipinski definition) is 5. The van der Waals surface area contributed by atoms with Crippen molar-refractivity contribution in [3.63, 3.8) is 0 Å². The van der Waals surface area contributed by atoms with Gasteiger partial charge < -0.3 is 25.2 Å². The van der Waals surface area contributed by atoms with E-state index in [4.69, 9.17) is 9.47 Å². The Morgan fingerprint density at radius 1 is 0.878 bits per heavy atom. The van der Waals surface area contributed by atoms with Crippen LogP contribution in [-0.2, 0) is 23.7 Å². The molecular formula is C33H34F2N2O4. The third-order valence-electron chi connectivity index (χ3n) is 6.58. The molecule has 3 N–H and O–H groups in total. The van der Waals surface area contributed by atoms with Crippen molar-refractivity contribution < 1.29 is 28.2 Å². The Kier molecular flexibility index (Phi) is 10.4. The van der Waals surface area contributed by atoms with E-state index in [2.05, 4.69) is 10.6 Å². The second-order valence-electron chi connectivity index (χ2n) is 9.82. The number of aliphatic hydroxyl groups is 1. The Labute approximate surface area is 239 Å². The first-order valence-corrected chi connectivity index (χ1v) is 13.4. The van der Waals surface area contributed by atoms with Gasteiger partial charge in [0.1, 0.15) is 18.1 Å². The monoisotopic (exact) mass is 560 g/mol. The van der Waals surface area contributed by atoms with Gasteiger partial charge in [0.05, 0.1) is 11.8 Å². The third-order valence-corrected chi connectivity index (χ3v) is 6.58. The number of amides is 1. The molecule has 0 aliphatic heterocycles. The Hall–Kier alpha value is -4.27. The Bertz CT molecular complexity index is 1370. The molecular weight excluding hydrogens is 526 g/mol. The molecule has 0 aliphatic carbocycles. The van der Waals surface area contributed by atoms with E-state index in [0.29, 0.717) is 48.7 Å². The number of aliphatic hydroxyl groups excluding tert-OH is 1. The van der Waals surface area contributed by atoms with Crippen LogP contribution in [0.15, 0.2) is 103 Å². The van der Waals surface area contributed by atoms with Gasteiger partial charge in [0.15, 0.2) is 6.61 Å². The molecule has 0 aliphatic rings. The van der Waals surface area contributed by atoms with Crippen molar-refractivity contribution in [3.8, 4) is 11.5 Å². The summed E-state index contributed by atoms with van der Waals surface area (Å²) in [4.78, 5) is 11.1. The fourth-order valence-electron chi connectivity index (χ4n) is 4.31. The van der Waals surface area contributed by atoms with Crippen molar-refractivity contribution in [2.75, 3.05) is 18.5 Å². The summed E-state index contributed by atoms with van der Waals surface area (Å²) in [5.74, 6) is -2.20. The van der Waals surface area contributed by atoms with Crippen LogP contribution in [0.2, 0.25) is 0 Å². The molecule has 4 rings (SSSR count). The first kappa shape index (κ1) is 29.7. The first-order valence-electron chi connectivity index (χ1n) is 13.4. The standard InChI is InChI=1S/C33H34F2N2O4/c1-24(18-25-12-15-29(16-13-25)41-22-33(34,35)28-10-6-3-7-11-28)36-20-31(39)27-14-17-32(30(19-27)37-23-38)40-21-26-8-4-2-5-9-26/h2-17,19,23-24,31,36,39H,18,20-22H2,1H3,(H,37,38). The average Bonchev–Trinajstić information content (AvgIpc) is 3.00. The van der Waals surface area contributed by atoms with Crippen LogP contribution >= 0.6 is 0 Å². The van der Waals surface area contributed by atoms with Crippen molar-refractivity contribution in [2.24, 2.45) is 0 Å². The highest BCUT2D eigenvalue weighted by Gasteiger charge is 2.32. The molecule has 0 fully saturated rings. The highest BCUT2D eigenvalue weighted by molar-refractivity contribution is 5.76. The number of halogens is 2. The van der Waals surface area contributed by atoms with E-state index in [1.807, 2.05) is 49.4 Å². The number of carbonyl (C=O) groups excluding carboxylic acids is 1. The number of carbonyl (C=O) groups is 1. The highest BCUT2D eigenvalue weighted by Crippen LogP contribution is 2.30. The molecule has 0 aromatic heterocycles. The minimum Gasteiger partial charge on any atom is -0.487 e. The van der Waals surface area contributed by atoms with E-state index in [-0.39, 0.29) is 11.6 Å². The van der Waals surface area contributed by atoms with Crippen molar-refractivity contribution in [3.05, 3.63) is 125 Å². The minimum absolute atomic E-state index is 0.0277. The fourth-order valence-corrected chi connectivity index (χ4v) is 4.31. The van der Waals surface area contributed by atoms with E-state index in [9.17, 15) is 18.7 Å². The lowest BCUT2D eigenvalue weighted by atomic mass is 10.1. The van der Waals surface area contributed by atoms with Gasteiger partial charge in [-0.15, -0.1) is 0 Å². The molecule has 2 atom stereocenters. The number of nitrogens with one attached hydrogen (secondary N) is 2. The molecule has 6 nitrogen and oxygen atoms in total. The molecule has 2 unspecified atom stereocenters. The van der Waals surface area contributed by atoms with Gasteiger partial charge in [-0.2, -0.15) is 8.78 Å². The van der Waals surface area contributed by atoms with Gasteiger partial charge in [0.25, 0.3) is 0 Å². The minimum atomic E-state index is -3.08. The van der Waals surface area contributed by atoms with Crippen molar-refractivity contribution in [1.82, 2.24) is 5.32 Å². The first-order chi connectivity index (χ1) is 19.8. The lowest BCUT2D eigenvalue weighted by molar-refractivity contribution is -0.105. The second-order valence-corrected chi connectivity index (χ2v) is 9.82. The van der Waals surface area contributed by atoms with Gasteiger partial charge in [0, 0.05) is 18.2 Å². The zero-order valence-electron chi connectivity index (χ0n) is 22.8. The fraction of sp³-hybridized carbons (Fsp3) is 0.242. The van der Waals surface area contributed by atoms with Gasteiger partial charge in [0.2, 0.25) is 6.41 Å². The zero-order valence-corrected chi connectivity index (χ0v) is 22.8. The third kappa shape index (κ3) is 8.86. The van der Waals surface area contributed by atoms with E-state index >= 15 is 0 Å². The molecule has 4 aromatic carbocycles. The molecule has 0 bridgehead atoms. The van der Waals surface area contributed by atoms with Crippen LogP contribution in [-0.4, -0.2) is 30.7 Å². The predicted molar refractivity (Wildman–Crippen MR) is 155 cm³/mol. The van der Waals surface area contributed by atoms with Crippen molar-refractivity contribution in [1.29, 1.82) is 0 Å². The molecule has 0 heterocycles. The molecule has 0 saturated heterocycles. The number of anilines is 1. The zero-order chi connectivity index (χ0) is 29.1. The largest absolute Gasteiger partial charge is 0.487 e. The number of ether oxygens (including phenoxy) is 2. The quantitative estimate of drug-likeness (QED) is 0.150. The number of benzene rings is 4. The van der Waals surface area contributed by atoms with Gasteiger partial charge in [-0.25, -0.2) is 0 Å². The summed E-state index contributed by atoms with van der Waals surface area (Å²) >= 11 is 0. The molecule has 0 saturated carbocycles. The van der Waals surface area contributed by atoms with Crippen molar-refractivity contribution in [2.45, 2.75) is 38.0 Å². The van der Waals surface area contributed by atoms with Crippen LogP contribution in [0.1, 0.15) is 35.3 Å². The van der Waals surface area contributed by atoms with Crippen LogP contribution in [0, 0.1) is 0 Å². The maximum atomic E-state index is 14.4. The summed E-state index contributed by atoms with van der Waals surface area (Å²) < 4.78 is 40.0. The van der Waals surface area contributed by atoms with E-state index in [1.165, 1.54) is 12.1 Å². The molecule has 4 aromatic rings. The molecule has 0 spiro atoms. The van der Waals surface area contributed by atoms with Gasteiger partial charge >= 0.3 is 5.92 Å². The Morgan fingerprint density at radius 3 is 2.24 bits per heavy atom. The lowest BCUT2D eigenvalue weighted by Gasteiger charge is -2.19. The smallest absolute Gasteiger partial charge is 0.306 e. The summed E-state index contributed by atoms with van der Waals surface area (Å²) in [5.41, 5.74) is 3.03. The normalized spacial score (nSPS) is 12.8. The van der Waals surface area contributed by atoms with Gasteiger partial charge in [-0.05, 0) is 54.3 Å². The molecule has 1 amide bonds. The number of hydrogen-bond donors (Lipinski definition) is 3. The molecule has 8 heteroatoms. The van der Waals surface area contributed by atoms with Crippen LogP contribution in [0.4, 0.5) is 14.5 Å². The maximum Gasteiger partial charge on any atom is 0.306 e. The lowest BCUT2D eigenvalue weighted by Crippen LogP contribution is -2.32. The summed E-state index contributed by atoms with van der Waals surface area (Å²) in [6, 6.07) is 29.6. The second kappa shape index (κ2) is 14.4. The van der Waals surface area contributed by atoms with Crippen molar-refractivity contribution >= 4 is 12.1 Å². The summed E-state index contributed by atoms with van der Waals surface area (Å²) in [6.45, 7) is 1.90. The number of alkyl halides is 2. The molecule has 214 valence electrons. The van der Waals surface area contributed by atoms with E-state index < -0.39 is 18.6 Å². The average molecular weight is 561 g/mol. The van der Waals surface area contributed by atoms with Crippen LogP contribution in [0.5, 0.6) is 11.5 Å². The summed E-state index contributed by atoms with van der Waals surface area (Å²) in [6.07, 6.45) is 0.430. The highest BCUT2D eigenvalue weighted by atomic mass is 19.3. The topological polar surface area (TPSA) is 79.8 Å².